The zero-order valence-corrected chi connectivity index (χ0v) is 14.2. The molecule has 1 heterocycles. The minimum Gasteiger partial charge on any atom is -0.280 e. The summed E-state index contributed by atoms with van der Waals surface area (Å²) in [5.41, 5.74) is 4.58. The Balaban J connectivity index is 1.73. The average molecular weight is 342 g/mol. The van der Waals surface area contributed by atoms with Crippen molar-refractivity contribution in [3.63, 3.8) is 0 Å². The van der Waals surface area contributed by atoms with Crippen molar-refractivity contribution in [2.45, 2.75) is 18.4 Å². The van der Waals surface area contributed by atoms with Gasteiger partial charge in [-0.15, -0.1) is 0 Å². The Labute approximate surface area is 152 Å². The summed E-state index contributed by atoms with van der Waals surface area (Å²) in [4.78, 5) is 15.6. The second kappa shape index (κ2) is 6.92. The lowest BCUT2D eigenvalue weighted by molar-refractivity contribution is -0.384. The molecule has 1 aliphatic rings. The van der Waals surface area contributed by atoms with Gasteiger partial charge in [0.25, 0.3) is 5.69 Å². The number of hydrogen-bond donors (Lipinski definition) is 0. The lowest BCUT2D eigenvalue weighted by atomic mass is 9.86. The van der Waals surface area contributed by atoms with E-state index in [0.717, 1.165) is 23.3 Å². The molecule has 0 bridgehead atoms. The maximum atomic E-state index is 10.9. The quantitative estimate of drug-likeness (QED) is 0.476. The molecule has 0 saturated heterocycles. The van der Waals surface area contributed by atoms with Crippen molar-refractivity contribution in [2.24, 2.45) is 4.99 Å². The van der Waals surface area contributed by atoms with Crippen LogP contribution in [0.4, 0.5) is 5.69 Å². The van der Waals surface area contributed by atoms with Crippen LogP contribution in [-0.4, -0.2) is 10.6 Å². The smallest absolute Gasteiger partial charge is 0.269 e. The van der Waals surface area contributed by atoms with Crippen molar-refractivity contribution in [3.05, 3.63) is 112 Å². The molecule has 128 valence electrons. The zero-order chi connectivity index (χ0) is 17.9. The molecular formula is C22H18N2O2. The van der Waals surface area contributed by atoms with Gasteiger partial charge in [-0.25, -0.2) is 0 Å². The van der Waals surface area contributed by atoms with Crippen LogP contribution in [0.2, 0.25) is 0 Å². The molecule has 0 saturated carbocycles. The Hall–Kier alpha value is -3.27. The Morgan fingerprint density at radius 3 is 2.04 bits per heavy atom. The number of rotatable bonds is 4. The molecule has 2 atom stereocenters. The van der Waals surface area contributed by atoms with Crippen LogP contribution in [0.25, 0.3) is 0 Å². The molecule has 3 aromatic carbocycles. The standard InChI is InChI=1S/C22H18N2O2/c25-24(26)19-13-11-18(12-14-19)22-20(16-7-3-1-4-8-16)15-21(23-22)17-9-5-2-6-10-17/h1-14,20,22H,15H2. The molecular weight excluding hydrogens is 324 g/mol. The Bertz CT molecular complexity index is 935. The van der Waals surface area contributed by atoms with E-state index in [-0.39, 0.29) is 22.6 Å². The number of benzene rings is 3. The predicted molar refractivity (Wildman–Crippen MR) is 103 cm³/mol. The molecule has 3 aromatic rings. The van der Waals surface area contributed by atoms with E-state index in [2.05, 4.69) is 24.3 Å². The van der Waals surface area contributed by atoms with Gasteiger partial charge in [0.05, 0.1) is 11.0 Å². The van der Waals surface area contributed by atoms with E-state index >= 15 is 0 Å². The average Bonchev–Trinajstić information content (AvgIpc) is 3.15. The van der Waals surface area contributed by atoms with E-state index in [9.17, 15) is 10.1 Å². The summed E-state index contributed by atoms with van der Waals surface area (Å²) in [6, 6.07) is 27.3. The first-order valence-corrected chi connectivity index (χ1v) is 8.64. The summed E-state index contributed by atoms with van der Waals surface area (Å²) in [7, 11) is 0. The summed E-state index contributed by atoms with van der Waals surface area (Å²) in [5, 5.41) is 10.9. The van der Waals surface area contributed by atoms with Gasteiger partial charge in [-0.3, -0.25) is 15.1 Å². The molecule has 0 radical (unpaired) electrons. The Morgan fingerprint density at radius 1 is 0.808 bits per heavy atom. The predicted octanol–water partition coefficient (Wildman–Crippen LogP) is 5.31. The van der Waals surface area contributed by atoms with Crippen molar-refractivity contribution in [3.8, 4) is 0 Å². The Kier molecular flexibility index (Phi) is 4.32. The first-order valence-electron chi connectivity index (χ1n) is 8.64. The molecule has 4 rings (SSSR count). The second-order valence-corrected chi connectivity index (χ2v) is 6.46. The molecule has 0 spiro atoms. The first kappa shape index (κ1) is 16.2. The van der Waals surface area contributed by atoms with Gasteiger partial charge in [-0.2, -0.15) is 0 Å². The van der Waals surface area contributed by atoms with Crippen LogP contribution in [-0.2, 0) is 0 Å². The van der Waals surface area contributed by atoms with E-state index in [1.165, 1.54) is 5.56 Å². The lowest BCUT2D eigenvalue weighted by Gasteiger charge is -2.18. The normalized spacial score (nSPS) is 19.2. The minimum atomic E-state index is -0.369. The van der Waals surface area contributed by atoms with Gasteiger partial charge in [-0.05, 0) is 23.1 Å². The maximum absolute atomic E-state index is 10.9. The highest BCUT2D eigenvalue weighted by molar-refractivity contribution is 6.02. The first-order chi connectivity index (χ1) is 12.7. The van der Waals surface area contributed by atoms with Gasteiger partial charge in [0.2, 0.25) is 0 Å². The van der Waals surface area contributed by atoms with E-state index in [0.29, 0.717) is 0 Å². The van der Waals surface area contributed by atoms with Gasteiger partial charge < -0.3 is 0 Å². The molecule has 0 fully saturated rings. The molecule has 0 aliphatic carbocycles. The van der Waals surface area contributed by atoms with Crippen LogP contribution in [0.1, 0.15) is 35.1 Å². The van der Waals surface area contributed by atoms with E-state index in [4.69, 9.17) is 4.99 Å². The van der Waals surface area contributed by atoms with Gasteiger partial charge in [0.1, 0.15) is 0 Å². The molecule has 0 aromatic heterocycles. The fourth-order valence-corrected chi connectivity index (χ4v) is 3.55. The molecule has 4 heteroatoms. The summed E-state index contributed by atoms with van der Waals surface area (Å²) in [5.74, 6) is 0.230. The molecule has 2 unspecified atom stereocenters. The van der Waals surface area contributed by atoms with Crippen molar-refractivity contribution in [1.29, 1.82) is 0 Å². The highest BCUT2D eigenvalue weighted by Gasteiger charge is 2.32. The zero-order valence-electron chi connectivity index (χ0n) is 14.2. The highest BCUT2D eigenvalue weighted by Crippen LogP contribution is 2.43. The highest BCUT2D eigenvalue weighted by atomic mass is 16.6. The third kappa shape index (κ3) is 3.14. The fourth-order valence-electron chi connectivity index (χ4n) is 3.55. The molecule has 0 N–H and O–H groups in total. The minimum absolute atomic E-state index is 0.0339. The SMILES string of the molecule is O=[N+]([O-])c1ccc(C2N=C(c3ccccc3)CC2c2ccccc2)cc1. The third-order valence-corrected chi connectivity index (χ3v) is 4.87. The van der Waals surface area contributed by atoms with Crippen molar-refractivity contribution < 1.29 is 4.92 Å². The molecule has 26 heavy (non-hydrogen) atoms. The largest absolute Gasteiger partial charge is 0.280 e. The van der Waals surface area contributed by atoms with Crippen molar-refractivity contribution in [1.82, 2.24) is 0 Å². The summed E-state index contributed by atoms with van der Waals surface area (Å²) in [6.45, 7) is 0. The van der Waals surface area contributed by atoms with Crippen LogP contribution in [0.5, 0.6) is 0 Å². The number of nitro benzene ring substituents is 1. The number of hydrogen-bond acceptors (Lipinski definition) is 3. The van der Waals surface area contributed by atoms with Crippen LogP contribution < -0.4 is 0 Å². The maximum Gasteiger partial charge on any atom is 0.269 e. The van der Waals surface area contributed by atoms with Crippen molar-refractivity contribution >= 4 is 11.4 Å². The third-order valence-electron chi connectivity index (χ3n) is 4.87. The second-order valence-electron chi connectivity index (χ2n) is 6.46. The Morgan fingerprint density at radius 2 is 1.42 bits per heavy atom. The summed E-state index contributed by atoms with van der Waals surface area (Å²) in [6.07, 6.45) is 0.857. The van der Waals surface area contributed by atoms with Crippen molar-refractivity contribution in [2.75, 3.05) is 0 Å². The number of nitro groups is 1. The van der Waals surface area contributed by atoms with Crippen LogP contribution in [0.3, 0.4) is 0 Å². The monoisotopic (exact) mass is 342 g/mol. The number of aliphatic imine (C=N–C) groups is 1. The molecule has 0 amide bonds. The fraction of sp³-hybridized carbons (Fsp3) is 0.136. The van der Waals surface area contributed by atoms with Crippen LogP contribution in [0, 0.1) is 10.1 Å². The van der Waals surface area contributed by atoms with Gasteiger partial charge in [0, 0.05) is 23.8 Å². The van der Waals surface area contributed by atoms with Crippen LogP contribution in [0.15, 0.2) is 89.9 Å². The number of nitrogens with zero attached hydrogens (tertiary/aromatic N) is 2. The topological polar surface area (TPSA) is 55.5 Å². The lowest BCUT2D eigenvalue weighted by Crippen LogP contribution is -2.06. The van der Waals surface area contributed by atoms with Gasteiger partial charge in [0.15, 0.2) is 0 Å². The summed E-state index contributed by atoms with van der Waals surface area (Å²) >= 11 is 0. The van der Waals surface area contributed by atoms with Gasteiger partial charge >= 0.3 is 0 Å². The molecule has 1 aliphatic heterocycles. The van der Waals surface area contributed by atoms with E-state index in [1.807, 2.05) is 48.5 Å². The van der Waals surface area contributed by atoms with Gasteiger partial charge in [-0.1, -0.05) is 72.8 Å². The number of non-ortho nitro benzene ring substituents is 1. The molecule has 4 nitrogen and oxygen atoms in total. The van der Waals surface area contributed by atoms with E-state index < -0.39 is 0 Å². The summed E-state index contributed by atoms with van der Waals surface area (Å²) < 4.78 is 0. The van der Waals surface area contributed by atoms with Crippen LogP contribution >= 0.6 is 0 Å². The van der Waals surface area contributed by atoms with E-state index in [1.54, 1.807) is 12.1 Å².